The normalized spacial score (nSPS) is 12.1. The average molecular weight is 260 g/mol. The Kier molecular flexibility index (Phi) is 3.79. The third-order valence-electron chi connectivity index (χ3n) is 2.89. The second kappa shape index (κ2) is 5.51. The van der Waals surface area contributed by atoms with Gasteiger partial charge in [-0.3, -0.25) is 4.79 Å². The number of hydrogen-bond donors (Lipinski definition) is 2. The van der Waals surface area contributed by atoms with E-state index in [2.05, 4.69) is 20.3 Å². The molecule has 0 aliphatic carbocycles. The molecule has 1 amide bonds. The van der Waals surface area contributed by atoms with Crippen LogP contribution in [0.3, 0.4) is 0 Å². The van der Waals surface area contributed by atoms with E-state index >= 15 is 0 Å². The second-order valence-corrected chi connectivity index (χ2v) is 4.50. The number of rotatable bonds is 4. The van der Waals surface area contributed by atoms with E-state index in [4.69, 9.17) is 5.73 Å². The lowest BCUT2D eigenvalue weighted by Gasteiger charge is -2.14. The van der Waals surface area contributed by atoms with Crippen LogP contribution in [0.4, 0.5) is 5.82 Å². The highest BCUT2D eigenvalue weighted by atomic mass is 16.6. The number of nitrogens with zero attached hydrogens (tertiary/aromatic N) is 2. The molecule has 0 aliphatic rings. The van der Waals surface area contributed by atoms with Crippen molar-refractivity contribution in [3.05, 3.63) is 41.1 Å². The molecule has 1 atom stereocenters. The third kappa shape index (κ3) is 3.09. The van der Waals surface area contributed by atoms with E-state index in [0.717, 1.165) is 6.42 Å². The quantitative estimate of drug-likeness (QED) is 0.864. The van der Waals surface area contributed by atoms with Gasteiger partial charge < -0.3 is 11.1 Å². The van der Waals surface area contributed by atoms with E-state index in [1.54, 1.807) is 0 Å². The van der Waals surface area contributed by atoms with Crippen molar-refractivity contribution in [2.45, 2.75) is 26.3 Å². The van der Waals surface area contributed by atoms with Gasteiger partial charge in [-0.1, -0.05) is 24.3 Å². The van der Waals surface area contributed by atoms with E-state index in [0.29, 0.717) is 0 Å². The molecule has 0 saturated carbocycles. The Hall–Kier alpha value is -2.37. The lowest BCUT2D eigenvalue weighted by atomic mass is 10.0. The molecule has 19 heavy (non-hydrogen) atoms. The Morgan fingerprint density at radius 2 is 2.16 bits per heavy atom. The zero-order chi connectivity index (χ0) is 13.8. The molecule has 6 heteroatoms. The van der Waals surface area contributed by atoms with Gasteiger partial charge in [0.05, 0.1) is 0 Å². The minimum atomic E-state index is -0.375. The van der Waals surface area contributed by atoms with Gasteiger partial charge in [0.15, 0.2) is 0 Å². The number of hydrogen-bond acceptors (Lipinski definition) is 5. The number of benzene rings is 1. The van der Waals surface area contributed by atoms with Crippen LogP contribution in [0, 0.1) is 6.92 Å². The molecule has 100 valence electrons. The molecule has 0 spiro atoms. The van der Waals surface area contributed by atoms with Gasteiger partial charge in [0.1, 0.15) is 0 Å². The van der Waals surface area contributed by atoms with Crippen molar-refractivity contribution in [2.75, 3.05) is 5.73 Å². The second-order valence-electron chi connectivity index (χ2n) is 4.50. The Balaban J connectivity index is 1.99. The SMILES string of the molecule is Cc1ccccc1CC(C)NC(=O)c1nonc1N. The van der Waals surface area contributed by atoms with Crippen molar-refractivity contribution < 1.29 is 9.42 Å². The number of carbonyl (C=O) groups excluding carboxylic acids is 1. The first-order chi connectivity index (χ1) is 9.08. The number of aryl methyl sites for hydroxylation is 1. The van der Waals surface area contributed by atoms with E-state index in [1.807, 2.05) is 38.1 Å². The van der Waals surface area contributed by atoms with Gasteiger partial charge in [0.25, 0.3) is 5.91 Å². The standard InChI is InChI=1S/C13H16N4O2/c1-8-5-3-4-6-10(8)7-9(2)15-13(18)11-12(14)17-19-16-11/h3-6,9H,7H2,1-2H3,(H2,14,17)(H,15,18). The van der Waals surface area contributed by atoms with Crippen LogP contribution >= 0.6 is 0 Å². The topological polar surface area (TPSA) is 94.0 Å². The Morgan fingerprint density at radius 3 is 2.79 bits per heavy atom. The molecular weight excluding hydrogens is 244 g/mol. The Morgan fingerprint density at radius 1 is 1.42 bits per heavy atom. The Bertz CT molecular complexity index is 580. The number of nitrogen functional groups attached to an aromatic ring is 1. The predicted molar refractivity (Wildman–Crippen MR) is 70.5 cm³/mol. The molecule has 1 aromatic heterocycles. The Labute approximate surface area is 111 Å². The zero-order valence-electron chi connectivity index (χ0n) is 10.9. The molecule has 1 aromatic carbocycles. The fourth-order valence-corrected chi connectivity index (χ4v) is 1.87. The number of nitrogens with two attached hydrogens (primary N) is 1. The highest BCUT2D eigenvalue weighted by Gasteiger charge is 2.18. The summed E-state index contributed by atoms with van der Waals surface area (Å²) in [5, 5.41) is 9.66. The zero-order valence-corrected chi connectivity index (χ0v) is 10.9. The maximum Gasteiger partial charge on any atom is 0.277 e. The molecule has 6 nitrogen and oxygen atoms in total. The van der Waals surface area contributed by atoms with Crippen molar-refractivity contribution in [3.8, 4) is 0 Å². The third-order valence-corrected chi connectivity index (χ3v) is 2.89. The number of anilines is 1. The van der Waals surface area contributed by atoms with Gasteiger partial charge in [-0.05, 0) is 41.7 Å². The largest absolute Gasteiger partial charge is 0.379 e. The fraction of sp³-hybridized carbons (Fsp3) is 0.308. The molecule has 2 rings (SSSR count). The molecule has 0 aliphatic heterocycles. The van der Waals surface area contributed by atoms with Crippen LogP contribution < -0.4 is 11.1 Å². The van der Waals surface area contributed by atoms with Crippen molar-refractivity contribution in [2.24, 2.45) is 0 Å². The van der Waals surface area contributed by atoms with E-state index in [-0.39, 0.29) is 23.5 Å². The molecule has 0 fully saturated rings. The number of carbonyl (C=O) groups is 1. The summed E-state index contributed by atoms with van der Waals surface area (Å²) in [4.78, 5) is 11.9. The summed E-state index contributed by atoms with van der Waals surface area (Å²) in [7, 11) is 0. The van der Waals surface area contributed by atoms with Gasteiger partial charge in [-0.25, -0.2) is 4.63 Å². The summed E-state index contributed by atoms with van der Waals surface area (Å²) in [5.74, 6) is -0.375. The predicted octanol–water partition coefficient (Wildman–Crippen LogP) is 1.32. The van der Waals surface area contributed by atoms with E-state index in [9.17, 15) is 4.79 Å². The van der Waals surface area contributed by atoms with Crippen LogP contribution in [-0.2, 0) is 6.42 Å². The van der Waals surface area contributed by atoms with Crippen LogP contribution in [0.25, 0.3) is 0 Å². The van der Waals surface area contributed by atoms with Gasteiger partial charge in [0.2, 0.25) is 11.5 Å². The molecule has 3 N–H and O–H groups in total. The van der Waals surface area contributed by atoms with Crippen molar-refractivity contribution in [1.82, 2.24) is 15.6 Å². The van der Waals surface area contributed by atoms with E-state index in [1.165, 1.54) is 11.1 Å². The molecule has 1 unspecified atom stereocenters. The summed E-state index contributed by atoms with van der Waals surface area (Å²) >= 11 is 0. The van der Waals surface area contributed by atoms with Gasteiger partial charge in [0, 0.05) is 6.04 Å². The van der Waals surface area contributed by atoms with Crippen LogP contribution in [0.1, 0.15) is 28.5 Å². The van der Waals surface area contributed by atoms with Crippen LogP contribution in [0.2, 0.25) is 0 Å². The van der Waals surface area contributed by atoms with Gasteiger partial charge in [-0.2, -0.15) is 0 Å². The summed E-state index contributed by atoms with van der Waals surface area (Å²) < 4.78 is 4.40. The highest BCUT2D eigenvalue weighted by Crippen LogP contribution is 2.10. The first kappa shape index (κ1) is 13.1. The summed E-state index contributed by atoms with van der Waals surface area (Å²) in [5.41, 5.74) is 7.89. The molecule has 0 bridgehead atoms. The first-order valence-corrected chi connectivity index (χ1v) is 6.01. The number of aromatic nitrogens is 2. The van der Waals surface area contributed by atoms with Crippen molar-refractivity contribution in [1.29, 1.82) is 0 Å². The highest BCUT2D eigenvalue weighted by molar-refractivity contribution is 5.96. The van der Waals surface area contributed by atoms with Crippen molar-refractivity contribution >= 4 is 11.7 Å². The summed E-state index contributed by atoms with van der Waals surface area (Å²) in [6.07, 6.45) is 0.740. The lowest BCUT2D eigenvalue weighted by Crippen LogP contribution is -2.34. The smallest absolute Gasteiger partial charge is 0.277 e. The molecule has 0 saturated heterocycles. The van der Waals surface area contributed by atoms with Gasteiger partial charge >= 0.3 is 0 Å². The minimum Gasteiger partial charge on any atom is -0.379 e. The fourth-order valence-electron chi connectivity index (χ4n) is 1.87. The molecular formula is C13H16N4O2. The first-order valence-electron chi connectivity index (χ1n) is 6.01. The van der Waals surface area contributed by atoms with Crippen LogP contribution in [0.5, 0.6) is 0 Å². The van der Waals surface area contributed by atoms with Crippen molar-refractivity contribution in [3.63, 3.8) is 0 Å². The van der Waals surface area contributed by atoms with Crippen LogP contribution in [0.15, 0.2) is 28.9 Å². The minimum absolute atomic E-state index is 0.000548. The number of amides is 1. The lowest BCUT2D eigenvalue weighted by molar-refractivity contribution is 0.0930. The molecule has 1 heterocycles. The number of nitrogens with one attached hydrogen (secondary N) is 1. The van der Waals surface area contributed by atoms with Crippen LogP contribution in [-0.4, -0.2) is 22.3 Å². The maximum absolute atomic E-state index is 11.9. The monoisotopic (exact) mass is 260 g/mol. The summed E-state index contributed by atoms with van der Waals surface area (Å²) in [6, 6.07) is 8.03. The summed E-state index contributed by atoms with van der Waals surface area (Å²) in [6.45, 7) is 3.97. The maximum atomic E-state index is 11.9. The van der Waals surface area contributed by atoms with E-state index < -0.39 is 0 Å². The average Bonchev–Trinajstić information content (AvgIpc) is 2.78. The molecule has 0 radical (unpaired) electrons. The molecule has 2 aromatic rings. The van der Waals surface area contributed by atoms with Gasteiger partial charge in [-0.15, -0.1) is 0 Å².